The number of nitro groups is 1. The van der Waals surface area contributed by atoms with Crippen molar-refractivity contribution in [3.8, 4) is 0 Å². The first-order valence-electron chi connectivity index (χ1n) is 6.18. The highest BCUT2D eigenvalue weighted by Crippen LogP contribution is 2.37. The Balaban J connectivity index is 2.02. The number of hydrogen-bond donors (Lipinski definition) is 1. The predicted octanol–water partition coefficient (Wildman–Crippen LogP) is 4.09. The summed E-state index contributed by atoms with van der Waals surface area (Å²) in [7, 11) is 0. The van der Waals surface area contributed by atoms with Gasteiger partial charge in [0.1, 0.15) is 0 Å². The Morgan fingerprint density at radius 1 is 1.44 bits per heavy atom. The van der Waals surface area contributed by atoms with Crippen LogP contribution in [-0.4, -0.2) is 11.0 Å². The fraction of sp³-hybridized carbons (Fsp3) is 0.538. The fourth-order valence-corrected chi connectivity index (χ4v) is 2.45. The van der Waals surface area contributed by atoms with E-state index in [9.17, 15) is 10.1 Å². The van der Waals surface area contributed by atoms with Crippen molar-refractivity contribution in [1.29, 1.82) is 0 Å². The van der Waals surface area contributed by atoms with Gasteiger partial charge in [0.25, 0.3) is 5.69 Å². The Bertz CT molecular complexity index is 456. The lowest BCUT2D eigenvalue weighted by molar-refractivity contribution is -0.384. The Morgan fingerprint density at radius 3 is 2.67 bits per heavy atom. The van der Waals surface area contributed by atoms with Gasteiger partial charge in [0, 0.05) is 18.2 Å². The molecular formula is C13H17ClN2O2. The lowest BCUT2D eigenvalue weighted by Gasteiger charge is -2.39. The van der Waals surface area contributed by atoms with E-state index in [4.69, 9.17) is 11.6 Å². The molecule has 1 aromatic carbocycles. The van der Waals surface area contributed by atoms with Gasteiger partial charge in [-0.3, -0.25) is 10.1 Å². The minimum atomic E-state index is -0.404. The first-order chi connectivity index (χ1) is 8.47. The molecule has 0 aliphatic heterocycles. The smallest absolute Gasteiger partial charge is 0.271 e. The van der Waals surface area contributed by atoms with Crippen molar-refractivity contribution in [3.63, 3.8) is 0 Å². The minimum Gasteiger partial charge on any atom is -0.381 e. The Labute approximate surface area is 111 Å². The summed E-state index contributed by atoms with van der Waals surface area (Å²) < 4.78 is 0. The zero-order valence-electron chi connectivity index (χ0n) is 10.5. The number of benzene rings is 1. The molecule has 0 aromatic heterocycles. The summed E-state index contributed by atoms with van der Waals surface area (Å²) in [5.74, 6) is 1.45. The predicted molar refractivity (Wildman–Crippen MR) is 73.1 cm³/mol. The third kappa shape index (κ3) is 2.75. The maximum atomic E-state index is 10.7. The van der Waals surface area contributed by atoms with Crippen LogP contribution < -0.4 is 5.32 Å². The van der Waals surface area contributed by atoms with Gasteiger partial charge in [0.05, 0.1) is 15.6 Å². The summed E-state index contributed by atoms with van der Waals surface area (Å²) in [6, 6.07) is 4.88. The van der Waals surface area contributed by atoms with Crippen LogP contribution in [0, 0.1) is 22.0 Å². The lowest BCUT2D eigenvalue weighted by Crippen LogP contribution is -2.37. The molecule has 0 atom stereocenters. The molecular weight excluding hydrogens is 252 g/mol. The van der Waals surface area contributed by atoms with Crippen LogP contribution in [0.2, 0.25) is 5.02 Å². The summed E-state index contributed by atoms with van der Waals surface area (Å²) in [6.45, 7) is 4.45. The average molecular weight is 269 g/mol. The van der Waals surface area contributed by atoms with Crippen LogP contribution in [0.15, 0.2) is 18.2 Å². The molecule has 1 N–H and O–H groups in total. The van der Waals surface area contributed by atoms with Crippen LogP contribution in [0.3, 0.4) is 0 Å². The molecule has 2 rings (SSSR count). The van der Waals surface area contributed by atoms with Crippen molar-refractivity contribution in [2.75, 3.05) is 5.32 Å². The number of nitrogens with zero attached hydrogens (tertiary/aromatic N) is 1. The van der Waals surface area contributed by atoms with E-state index in [-0.39, 0.29) is 5.69 Å². The third-order valence-electron chi connectivity index (χ3n) is 3.64. The fourth-order valence-electron chi connectivity index (χ4n) is 2.28. The highest BCUT2D eigenvalue weighted by Gasteiger charge is 2.31. The number of hydrogen-bond acceptors (Lipinski definition) is 3. The maximum absolute atomic E-state index is 10.7. The quantitative estimate of drug-likeness (QED) is 0.661. The van der Waals surface area contributed by atoms with Gasteiger partial charge in [-0.15, -0.1) is 0 Å². The van der Waals surface area contributed by atoms with E-state index in [1.807, 2.05) is 0 Å². The van der Waals surface area contributed by atoms with E-state index < -0.39 is 4.92 Å². The maximum Gasteiger partial charge on any atom is 0.271 e. The highest BCUT2D eigenvalue weighted by atomic mass is 35.5. The van der Waals surface area contributed by atoms with Gasteiger partial charge >= 0.3 is 0 Å². The van der Waals surface area contributed by atoms with E-state index in [0.717, 1.165) is 18.8 Å². The number of halogens is 1. The summed E-state index contributed by atoms with van der Waals surface area (Å²) in [5.41, 5.74) is 0.736. The van der Waals surface area contributed by atoms with Gasteiger partial charge in [-0.05, 0) is 30.7 Å². The van der Waals surface area contributed by atoms with Crippen molar-refractivity contribution in [1.82, 2.24) is 0 Å². The summed E-state index contributed by atoms with van der Waals surface area (Å²) in [4.78, 5) is 10.3. The molecule has 1 aliphatic rings. The van der Waals surface area contributed by atoms with Crippen LogP contribution in [0.5, 0.6) is 0 Å². The number of nitro benzene ring substituents is 1. The molecule has 4 nitrogen and oxygen atoms in total. The molecule has 0 bridgehead atoms. The van der Waals surface area contributed by atoms with Gasteiger partial charge in [0.15, 0.2) is 0 Å². The molecule has 0 unspecified atom stereocenters. The zero-order chi connectivity index (χ0) is 13.3. The SMILES string of the molecule is CC(C)C1CC(Nc2cc([N+](=O)[O-])ccc2Cl)C1. The summed E-state index contributed by atoms with van der Waals surface area (Å²) in [5, 5.41) is 14.5. The van der Waals surface area contributed by atoms with Crippen molar-refractivity contribution in [2.45, 2.75) is 32.7 Å². The standard InChI is InChI=1S/C13H17ClN2O2/c1-8(2)9-5-10(6-9)15-13-7-11(16(17)18)3-4-12(13)14/h3-4,7-10,15H,5-6H2,1-2H3. The minimum absolute atomic E-state index is 0.0710. The molecule has 5 heteroatoms. The number of non-ortho nitro benzene ring substituents is 1. The van der Waals surface area contributed by atoms with Gasteiger partial charge in [0.2, 0.25) is 0 Å². The van der Waals surface area contributed by atoms with Crippen LogP contribution in [-0.2, 0) is 0 Å². The molecule has 1 aromatic rings. The largest absolute Gasteiger partial charge is 0.381 e. The molecule has 1 aliphatic carbocycles. The van der Waals surface area contributed by atoms with E-state index in [1.54, 1.807) is 6.07 Å². The second-order valence-electron chi connectivity index (χ2n) is 5.24. The number of nitrogens with one attached hydrogen (secondary N) is 1. The van der Waals surface area contributed by atoms with E-state index in [0.29, 0.717) is 22.7 Å². The topological polar surface area (TPSA) is 55.2 Å². The second kappa shape index (κ2) is 5.14. The molecule has 98 valence electrons. The molecule has 0 saturated heterocycles. The molecule has 1 saturated carbocycles. The van der Waals surface area contributed by atoms with E-state index in [1.165, 1.54) is 12.1 Å². The van der Waals surface area contributed by atoms with E-state index in [2.05, 4.69) is 19.2 Å². The Kier molecular flexibility index (Phi) is 3.76. The van der Waals surface area contributed by atoms with Crippen LogP contribution in [0.1, 0.15) is 26.7 Å². The monoisotopic (exact) mass is 268 g/mol. The second-order valence-corrected chi connectivity index (χ2v) is 5.65. The Hall–Kier alpha value is -1.29. The van der Waals surface area contributed by atoms with Gasteiger partial charge < -0.3 is 5.32 Å². The average Bonchev–Trinajstić information content (AvgIpc) is 2.23. The van der Waals surface area contributed by atoms with Gasteiger partial charge in [-0.25, -0.2) is 0 Å². The van der Waals surface area contributed by atoms with Gasteiger partial charge in [-0.1, -0.05) is 25.4 Å². The molecule has 0 heterocycles. The van der Waals surface area contributed by atoms with Crippen molar-refractivity contribution < 1.29 is 4.92 Å². The number of rotatable bonds is 4. The third-order valence-corrected chi connectivity index (χ3v) is 3.97. The summed E-state index contributed by atoms with van der Waals surface area (Å²) >= 11 is 6.04. The van der Waals surface area contributed by atoms with Crippen LogP contribution in [0.25, 0.3) is 0 Å². The Morgan fingerprint density at radius 2 is 2.11 bits per heavy atom. The van der Waals surface area contributed by atoms with Crippen LogP contribution >= 0.6 is 11.6 Å². The zero-order valence-corrected chi connectivity index (χ0v) is 11.3. The van der Waals surface area contributed by atoms with Crippen LogP contribution in [0.4, 0.5) is 11.4 Å². The first kappa shape index (κ1) is 13.1. The number of anilines is 1. The molecule has 1 fully saturated rings. The molecule has 0 radical (unpaired) electrons. The van der Waals surface area contributed by atoms with Crippen molar-refractivity contribution in [3.05, 3.63) is 33.3 Å². The first-order valence-corrected chi connectivity index (χ1v) is 6.55. The normalized spacial score (nSPS) is 22.7. The van der Waals surface area contributed by atoms with Crippen molar-refractivity contribution >= 4 is 23.0 Å². The van der Waals surface area contributed by atoms with E-state index >= 15 is 0 Å². The van der Waals surface area contributed by atoms with Gasteiger partial charge in [-0.2, -0.15) is 0 Å². The molecule has 0 spiro atoms. The summed E-state index contributed by atoms with van der Waals surface area (Å²) in [6.07, 6.45) is 2.22. The molecule has 18 heavy (non-hydrogen) atoms. The molecule has 0 amide bonds. The highest BCUT2D eigenvalue weighted by molar-refractivity contribution is 6.33. The van der Waals surface area contributed by atoms with Crippen molar-refractivity contribution in [2.24, 2.45) is 11.8 Å². The lowest BCUT2D eigenvalue weighted by atomic mass is 9.73.